The highest BCUT2D eigenvalue weighted by molar-refractivity contribution is 5.73. The molecule has 3 N–H and O–H groups in total. The Labute approximate surface area is 107 Å². The molecule has 2 heterocycles. The lowest BCUT2D eigenvalue weighted by Gasteiger charge is -2.35. The molecule has 0 aromatic carbocycles. The van der Waals surface area contributed by atoms with Gasteiger partial charge in [0.2, 0.25) is 5.91 Å². The maximum atomic E-state index is 10.8. The number of anilines is 1. The Kier molecular flexibility index (Phi) is 3.86. The fourth-order valence-corrected chi connectivity index (χ4v) is 2.34. The molecule has 0 saturated carbocycles. The summed E-state index contributed by atoms with van der Waals surface area (Å²) in [5.74, 6) is -0.377. The molecule has 0 aliphatic carbocycles. The van der Waals surface area contributed by atoms with E-state index in [0.717, 1.165) is 25.1 Å². The Balaban J connectivity index is 1.89. The lowest BCUT2D eigenvalue weighted by molar-refractivity contribution is -0.118. The van der Waals surface area contributed by atoms with Gasteiger partial charge < -0.3 is 16.0 Å². The molecule has 100 valence electrons. The quantitative estimate of drug-likeness (QED) is 0.805. The van der Waals surface area contributed by atoms with Crippen molar-refractivity contribution < 1.29 is 4.79 Å². The number of piperidine rings is 1. The monoisotopic (exact) mass is 251 g/mol. The minimum Gasteiger partial charge on any atom is -0.380 e. The molecule has 18 heavy (non-hydrogen) atoms. The standard InChI is InChI=1S/C12H21N5O/c1-9-5-10(3-4-16(9)2)15-11-6-14-17(7-11)8-12(13)18/h6-7,9-10,15H,3-5,8H2,1-2H3,(H2,13,18). The Bertz CT molecular complexity index is 416. The van der Waals surface area contributed by atoms with Crippen molar-refractivity contribution in [2.75, 3.05) is 18.9 Å². The molecule has 2 unspecified atom stereocenters. The maximum absolute atomic E-state index is 10.8. The Morgan fingerprint density at radius 1 is 1.67 bits per heavy atom. The van der Waals surface area contributed by atoms with Gasteiger partial charge in [0, 0.05) is 24.8 Å². The second kappa shape index (κ2) is 5.39. The zero-order valence-corrected chi connectivity index (χ0v) is 11.0. The Hall–Kier alpha value is -1.56. The highest BCUT2D eigenvalue weighted by atomic mass is 16.1. The van der Waals surface area contributed by atoms with Gasteiger partial charge in [-0.25, -0.2) is 0 Å². The normalized spacial score (nSPS) is 25.0. The number of hydrogen-bond acceptors (Lipinski definition) is 4. The van der Waals surface area contributed by atoms with Crippen LogP contribution in [0.3, 0.4) is 0 Å². The van der Waals surface area contributed by atoms with E-state index < -0.39 is 0 Å². The zero-order chi connectivity index (χ0) is 13.1. The molecule has 2 rings (SSSR count). The van der Waals surface area contributed by atoms with E-state index in [0.29, 0.717) is 12.1 Å². The topological polar surface area (TPSA) is 76.2 Å². The van der Waals surface area contributed by atoms with Crippen LogP contribution in [0.2, 0.25) is 0 Å². The summed E-state index contributed by atoms with van der Waals surface area (Å²) in [6.45, 7) is 3.48. The number of hydrogen-bond donors (Lipinski definition) is 2. The summed E-state index contributed by atoms with van der Waals surface area (Å²) < 4.78 is 1.56. The van der Waals surface area contributed by atoms with Crippen LogP contribution in [0, 0.1) is 0 Å². The molecule has 1 aliphatic rings. The van der Waals surface area contributed by atoms with Crippen LogP contribution >= 0.6 is 0 Å². The number of aromatic nitrogens is 2. The van der Waals surface area contributed by atoms with Gasteiger partial charge in [0.25, 0.3) is 0 Å². The minimum absolute atomic E-state index is 0.130. The van der Waals surface area contributed by atoms with Crippen molar-refractivity contribution in [3.8, 4) is 0 Å². The van der Waals surface area contributed by atoms with Gasteiger partial charge in [-0.05, 0) is 26.8 Å². The van der Waals surface area contributed by atoms with E-state index in [9.17, 15) is 4.79 Å². The number of primary amides is 1. The first-order valence-electron chi connectivity index (χ1n) is 6.32. The van der Waals surface area contributed by atoms with Crippen LogP contribution in [0.1, 0.15) is 19.8 Å². The van der Waals surface area contributed by atoms with Crippen LogP contribution in [-0.2, 0) is 11.3 Å². The lowest BCUT2D eigenvalue weighted by atomic mass is 9.99. The summed E-state index contributed by atoms with van der Waals surface area (Å²) in [5.41, 5.74) is 6.08. The predicted octanol–water partition coefficient (Wildman–Crippen LogP) is 0.263. The zero-order valence-electron chi connectivity index (χ0n) is 11.0. The summed E-state index contributed by atoms with van der Waals surface area (Å²) in [6, 6.07) is 1.07. The average molecular weight is 251 g/mol. The summed E-state index contributed by atoms with van der Waals surface area (Å²) in [5, 5.41) is 7.56. The summed E-state index contributed by atoms with van der Waals surface area (Å²) >= 11 is 0. The van der Waals surface area contributed by atoms with Crippen LogP contribution in [-0.4, -0.2) is 46.3 Å². The van der Waals surface area contributed by atoms with Gasteiger partial charge in [-0.15, -0.1) is 0 Å². The van der Waals surface area contributed by atoms with Crippen molar-refractivity contribution in [2.45, 2.75) is 38.4 Å². The predicted molar refractivity (Wildman–Crippen MR) is 70.2 cm³/mol. The molecule has 0 spiro atoms. The van der Waals surface area contributed by atoms with E-state index >= 15 is 0 Å². The van der Waals surface area contributed by atoms with E-state index in [2.05, 4.69) is 29.3 Å². The summed E-state index contributed by atoms with van der Waals surface area (Å²) in [4.78, 5) is 13.2. The summed E-state index contributed by atoms with van der Waals surface area (Å²) in [6.07, 6.45) is 5.82. The third-order valence-electron chi connectivity index (χ3n) is 3.53. The first kappa shape index (κ1) is 12.9. The third kappa shape index (κ3) is 3.22. The smallest absolute Gasteiger partial charge is 0.239 e. The molecule has 1 aliphatic heterocycles. The second-order valence-electron chi connectivity index (χ2n) is 5.09. The first-order valence-corrected chi connectivity index (χ1v) is 6.32. The first-order chi connectivity index (χ1) is 8.54. The number of likely N-dealkylation sites (tertiary alicyclic amines) is 1. The molecule has 1 aromatic heterocycles. The van der Waals surface area contributed by atoms with E-state index in [1.54, 1.807) is 10.9 Å². The lowest BCUT2D eigenvalue weighted by Crippen LogP contribution is -2.42. The molecule has 2 atom stereocenters. The van der Waals surface area contributed by atoms with E-state index in [1.807, 2.05) is 6.20 Å². The number of amides is 1. The van der Waals surface area contributed by atoms with Crippen LogP contribution in [0.4, 0.5) is 5.69 Å². The third-order valence-corrected chi connectivity index (χ3v) is 3.53. The maximum Gasteiger partial charge on any atom is 0.239 e. The molecule has 1 fully saturated rings. The number of carbonyl (C=O) groups is 1. The molecule has 0 radical (unpaired) electrons. The minimum atomic E-state index is -0.377. The van der Waals surface area contributed by atoms with Crippen molar-refractivity contribution >= 4 is 11.6 Å². The number of rotatable bonds is 4. The van der Waals surface area contributed by atoms with E-state index in [1.165, 1.54) is 0 Å². The van der Waals surface area contributed by atoms with Crippen molar-refractivity contribution in [3.63, 3.8) is 0 Å². The largest absolute Gasteiger partial charge is 0.380 e. The second-order valence-corrected chi connectivity index (χ2v) is 5.09. The highest BCUT2D eigenvalue weighted by Gasteiger charge is 2.22. The molecule has 1 saturated heterocycles. The molecule has 1 amide bonds. The fourth-order valence-electron chi connectivity index (χ4n) is 2.34. The van der Waals surface area contributed by atoms with Gasteiger partial charge in [0.15, 0.2) is 0 Å². The van der Waals surface area contributed by atoms with Gasteiger partial charge in [0.05, 0.1) is 11.9 Å². The van der Waals surface area contributed by atoms with Crippen molar-refractivity contribution in [1.29, 1.82) is 0 Å². The molecular weight excluding hydrogens is 230 g/mol. The highest BCUT2D eigenvalue weighted by Crippen LogP contribution is 2.19. The Morgan fingerprint density at radius 2 is 2.44 bits per heavy atom. The van der Waals surface area contributed by atoms with Gasteiger partial charge in [-0.3, -0.25) is 9.48 Å². The number of nitrogens with one attached hydrogen (secondary N) is 1. The average Bonchev–Trinajstić information content (AvgIpc) is 2.70. The Morgan fingerprint density at radius 3 is 3.11 bits per heavy atom. The molecule has 0 bridgehead atoms. The van der Waals surface area contributed by atoms with E-state index in [4.69, 9.17) is 5.73 Å². The van der Waals surface area contributed by atoms with Crippen LogP contribution in [0.25, 0.3) is 0 Å². The van der Waals surface area contributed by atoms with Gasteiger partial charge in [0.1, 0.15) is 6.54 Å². The van der Waals surface area contributed by atoms with Crippen molar-refractivity contribution in [1.82, 2.24) is 14.7 Å². The molecule has 6 nitrogen and oxygen atoms in total. The molecule has 1 aromatic rings. The SMILES string of the molecule is CC1CC(Nc2cnn(CC(N)=O)c2)CCN1C. The number of nitrogens with zero attached hydrogens (tertiary/aromatic N) is 3. The number of carbonyl (C=O) groups excluding carboxylic acids is 1. The van der Waals surface area contributed by atoms with Gasteiger partial charge >= 0.3 is 0 Å². The summed E-state index contributed by atoms with van der Waals surface area (Å²) in [7, 11) is 2.16. The van der Waals surface area contributed by atoms with Crippen molar-refractivity contribution in [2.24, 2.45) is 5.73 Å². The van der Waals surface area contributed by atoms with Crippen molar-refractivity contribution in [3.05, 3.63) is 12.4 Å². The molecular formula is C12H21N5O. The fraction of sp³-hybridized carbons (Fsp3) is 0.667. The van der Waals surface area contributed by atoms with Gasteiger partial charge in [-0.2, -0.15) is 5.10 Å². The van der Waals surface area contributed by atoms with Crippen LogP contribution in [0.5, 0.6) is 0 Å². The van der Waals surface area contributed by atoms with Crippen LogP contribution < -0.4 is 11.1 Å². The number of nitrogens with two attached hydrogens (primary N) is 1. The van der Waals surface area contributed by atoms with Gasteiger partial charge in [-0.1, -0.05) is 0 Å². The van der Waals surface area contributed by atoms with Crippen LogP contribution in [0.15, 0.2) is 12.4 Å². The van der Waals surface area contributed by atoms with E-state index in [-0.39, 0.29) is 12.5 Å². The molecule has 6 heteroatoms.